The second-order valence-electron chi connectivity index (χ2n) is 4.95. The van der Waals surface area contributed by atoms with Gasteiger partial charge in [-0.05, 0) is 25.5 Å². The van der Waals surface area contributed by atoms with E-state index in [2.05, 4.69) is 85.9 Å². The van der Waals surface area contributed by atoms with Gasteiger partial charge in [0.2, 0.25) is 0 Å². The van der Waals surface area contributed by atoms with Crippen LogP contribution in [0.1, 0.15) is 21.1 Å². The molecule has 0 amide bonds. The van der Waals surface area contributed by atoms with Gasteiger partial charge in [-0.1, -0.05) is 66.0 Å². The first kappa shape index (κ1) is 16.7. The van der Waals surface area contributed by atoms with Crippen LogP contribution >= 0.6 is 59.1 Å². The average molecular weight is 482 g/mol. The van der Waals surface area contributed by atoms with Crippen LogP contribution in [0.2, 0.25) is 0 Å². The molecule has 0 unspecified atom stereocenters. The van der Waals surface area contributed by atoms with Gasteiger partial charge in [0, 0.05) is 31.8 Å². The number of halogens is 3. The summed E-state index contributed by atoms with van der Waals surface area (Å²) in [6, 6.07) is 8.45. The minimum absolute atomic E-state index is 0.0107. The van der Waals surface area contributed by atoms with Crippen LogP contribution in [0.15, 0.2) is 28.7 Å². The first-order valence-corrected chi connectivity index (χ1v) is 10.2. The van der Waals surface area contributed by atoms with Crippen molar-refractivity contribution in [3.8, 4) is 0 Å². The van der Waals surface area contributed by atoms with Crippen LogP contribution in [-0.4, -0.2) is 15.6 Å². The summed E-state index contributed by atoms with van der Waals surface area (Å²) in [4.78, 5) is 6.02. The Morgan fingerprint density at radius 1 is 1.15 bits per heavy atom. The first-order chi connectivity index (χ1) is 9.52. The SMILES string of the molecule is Cc1nc(CC(CBr)(CBr)c2ccccc2Br)sc1C. The maximum Gasteiger partial charge on any atom is 0.0940 e. The van der Waals surface area contributed by atoms with E-state index in [0.717, 1.165) is 27.2 Å². The number of aryl methyl sites for hydroxylation is 2. The van der Waals surface area contributed by atoms with E-state index in [1.165, 1.54) is 15.4 Å². The third-order valence-electron chi connectivity index (χ3n) is 3.52. The maximum atomic E-state index is 4.71. The lowest BCUT2D eigenvalue weighted by Crippen LogP contribution is -2.33. The Kier molecular flexibility index (Phi) is 5.86. The zero-order valence-corrected chi connectivity index (χ0v) is 17.0. The predicted octanol–water partition coefficient (Wildman–Crippen LogP) is 5.79. The first-order valence-electron chi connectivity index (χ1n) is 6.32. The molecular formula is C15H16Br3NS. The van der Waals surface area contributed by atoms with Gasteiger partial charge in [0.1, 0.15) is 0 Å². The van der Waals surface area contributed by atoms with Crippen LogP contribution in [0.5, 0.6) is 0 Å². The summed E-state index contributed by atoms with van der Waals surface area (Å²) >= 11 is 12.9. The molecule has 0 aliphatic heterocycles. The van der Waals surface area contributed by atoms with Gasteiger partial charge in [-0.2, -0.15) is 0 Å². The normalized spacial score (nSPS) is 11.8. The zero-order chi connectivity index (χ0) is 14.8. The van der Waals surface area contributed by atoms with Crippen LogP contribution in [0, 0.1) is 13.8 Å². The number of benzene rings is 1. The molecule has 0 N–H and O–H groups in total. The number of rotatable bonds is 5. The summed E-state index contributed by atoms with van der Waals surface area (Å²) in [5.74, 6) is 0. The summed E-state index contributed by atoms with van der Waals surface area (Å²) in [6.45, 7) is 4.22. The van der Waals surface area contributed by atoms with E-state index in [1.807, 2.05) is 0 Å². The largest absolute Gasteiger partial charge is 0.246 e. The molecule has 20 heavy (non-hydrogen) atoms. The third-order valence-corrected chi connectivity index (χ3v) is 7.43. The Morgan fingerprint density at radius 2 is 1.80 bits per heavy atom. The van der Waals surface area contributed by atoms with Gasteiger partial charge in [-0.25, -0.2) is 4.98 Å². The van der Waals surface area contributed by atoms with Gasteiger partial charge in [0.25, 0.3) is 0 Å². The summed E-state index contributed by atoms with van der Waals surface area (Å²) in [5, 5.41) is 2.99. The van der Waals surface area contributed by atoms with E-state index in [1.54, 1.807) is 11.3 Å². The quantitative estimate of drug-likeness (QED) is 0.492. The van der Waals surface area contributed by atoms with Crippen molar-refractivity contribution in [2.45, 2.75) is 25.7 Å². The molecule has 1 aromatic carbocycles. The van der Waals surface area contributed by atoms with E-state index in [4.69, 9.17) is 4.98 Å². The molecule has 1 heterocycles. The molecular weight excluding hydrogens is 466 g/mol. The average Bonchev–Trinajstić information content (AvgIpc) is 2.75. The van der Waals surface area contributed by atoms with Gasteiger partial charge in [0.15, 0.2) is 0 Å². The van der Waals surface area contributed by atoms with Gasteiger partial charge >= 0.3 is 0 Å². The van der Waals surface area contributed by atoms with Crippen molar-refractivity contribution in [2.24, 2.45) is 0 Å². The van der Waals surface area contributed by atoms with Crippen LogP contribution in [0.25, 0.3) is 0 Å². The van der Waals surface area contributed by atoms with Gasteiger partial charge < -0.3 is 0 Å². The number of hydrogen-bond acceptors (Lipinski definition) is 2. The van der Waals surface area contributed by atoms with Crippen molar-refractivity contribution < 1.29 is 0 Å². The number of alkyl halides is 2. The lowest BCUT2D eigenvalue weighted by atomic mass is 9.81. The molecule has 2 aromatic rings. The van der Waals surface area contributed by atoms with Gasteiger partial charge in [0.05, 0.1) is 10.7 Å². The van der Waals surface area contributed by atoms with Crippen LogP contribution in [0.4, 0.5) is 0 Å². The zero-order valence-electron chi connectivity index (χ0n) is 11.4. The number of hydrogen-bond donors (Lipinski definition) is 0. The topological polar surface area (TPSA) is 12.9 Å². The van der Waals surface area contributed by atoms with Crippen LogP contribution in [0.3, 0.4) is 0 Å². The Hall–Kier alpha value is 0.290. The highest BCUT2D eigenvalue weighted by Crippen LogP contribution is 2.38. The Balaban J connectivity index is 2.42. The van der Waals surface area contributed by atoms with Crippen molar-refractivity contribution in [3.05, 3.63) is 49.9 Å². The molecule has 5 heteroatoms. The molecule has 0 spiro atoms. The molecule has 1 nitrogen and oxygen atoms in total. The predicted molar refractivity (Wildman–Crippen MR) is 98.7 cm³/mol. The second-order valence-corrected chi connectivity index (χ2v) is 8.22. The number of thiazole rings is 1. The molecule has 0 fully saturated rings. The molecule has 2 rings (SSSR count). The standard InChI is InChI=1S/C15H16Br3NS/c1-10-11(2)20-14(19-10)7-15(8-16,9-17)12-5-3-4-6-13(12)18/h3-6H,7-9H2,1-2H3. The fourth-order valence-corrected chi connectivity index (χ4v) is 5.88. The van der Waals surface area contributed by atoms with E-state index >= 15 is 0 Å². The van der Waals surface area contributed by atoms with Crippen molar-refractivity contribution in [1.29, 1.82) is 0 Å². The van der Waals surface area contributed by atoms with Crippen molar-refractivity contribution in [3.63, 3.8) is 0 Å². The van der Waals surface area contributed by atoms with Gasteiger partial charge in [-0.15, -0.1) is 11.3 Å². The minimum Gasteiger partial charge on any atom is -0.246 e. The van der Waals surface area contributed by atoms with Crippen molar-refractivity contribution >= 4 is 59.1 Å². The highest BCUT2D eigenvalue weighted by molar-refractivity contribution is 9.10. The smallest absolute Gasteiger partial charge is 0.0940 e. The van der Waals surface area contributed by atoms with Crippen LogP contribution < -0.4 is 0 Å². The fraction of sp³-hybridized carbons (Fsp3) is 0.400. The van der Waals surface area contributed by atoms with Crippen molar-refractivity contribution in [1.82, 2.24) is 4.98 Å². The molecule has 0 radical (unpaired) electrons. The fourth-order valence-electron chi connectivity index (χ4n) is 2.16. The summed E-state index contributed by atoms with van der Waals surface area (Å²) in [7, 11) is 0. The van der Waals surface area contributed by atoms with Crippen LogP contribution in [-0.2, 0) is 11.8 Å². The number of nitrogens with zero attached hydrogens (tertiary/aromatic N) is 1. The lowest BCUT2D eigenvalue weighted by molar-refractivity contribution is 0.546. The lowest BCUT2D eigenvalue weighted by Gasteiger charge is -2.31. The minimum atomic E-state index is 0.0107. The van der Waals surface area contributed by atoms with E-state index in [9.17, 15) is 0 Å². The summed E-state index contributed by atoms with van der Waals surface area (Å²) in [5.41, 5.74) is 2.48. The molecule has 0 aliphatic carbocycles. The molecule has 0 bridgehead atoms. The van der Waals surface area contributed by atoms with E-state index in [0.29, 0.717) is 0 Å². The third kappa shape index (κ3) is 3.37. The molecule has 0 atom stereocenters. The molecule has 0 saturated heterocycles. The Bertz CT molecular complexity index is 571. The van der Waals surface area contributed by atoms with Gasteiger partial charge in [-0.3, -0.25) is 0 Å². The highest BCUT2D eigenvalue weighted by atomic mass is 79.9. The highest BCUT2D eigenvalue weighted by Gasteiger charge is 2.33. The monoisotopic (exact) mass is 479 g/mol. The summed E-state index contributed by atoms with van der Waals surface area (Å²) < 4.78 is 1.16. The molecule has 0 saturated carbocycles. The molecule has 108 valence electrons. The molecule has 1 aromatic heterocycles. The van der Waals surface area contributed by atoms with E-state index < -0.39 is 0 Å². The summed E-state index contributed by atoms with van der Waals surface area (Å²) in [6.07, 6.45) is 0.936. The maximum absolute atomic E-state index is 4.71. The second kappa shape index (κ2) is 7.03. The van der Waals surface area contributed by atoms with E-state index in [-0.39, 0.29) is 5.41 Å². The molecule has 0 aliphatic rings. The number of aromatic nitrogens is 1. The Morgan fingerprint density at radius 3 is 2.30 bits per heavy atom. The van der Waals surface area contributed by atoms with Crippen molar-refractivity contribution in [2.75, 3.05) is 10.7 Å². The Labute approximate surface area is 149 Å².